The third kappa shape index (κ3) is 7.91. The van der Waals surface area contributed by atoms with Crippen molar-refractivity contribution < 1.29 is 25.0 Å². The Morgan fingerprint density at radius 3 is 2.16 bits per heavy atom. The Bertz CT molecular complexity index is 685. The Labute approximate surface area is 144 Å². The van der Waals surface area contributed by atoms with Gasteiger partial charge in [-0.15, -0.1) is 0 Å². The van der Waals surface area contributed by atoms with E-state index in [0.29, 0.717) is 12.1 Å². The zero-order valence-electron chi connectivity index (χ0n) is 13.6. The number of anilines is 1. The predicted molar refractivity (Wildman–Crippen MR) is 92.3 cm³/mol. The van der Waals surface area contributed by atoms with Crippen LogP contribution in [0.2, 0.25) is 0 Å². The fourth-order valence-corrected chi connectivity index (χ4v) is 1.84. The Morgan fingerprint density at radius 2 is 1.72 bits per heavy atom. The monoisotopic (exact) mass is 348 g/mol. The lowest BCUT2D eigenvalue weighted by Crippen LogP contribution is -2.14. The normalized spacial score (nSPS) is 11.0. The zero-order chi connectivity index (χ0) is 18.8. The highest BCUT2D eigenvalue weighted by molar-refractivity contribution is 5.88. The lowest BCUT2D eigenvalue weighted by molar-refractivity contribution is -0.384. The zero-order valence-corrected chi connectivity index (χ0v) is 13.6. The number of nitrogens with one attached hydrogen (secondary N) is 1. The fraction of sp³-hybridized carbons (Fsp3) is 0.235. The number of nitro benzene ring substituents is 1. The topological polar surface area (TPSA) is 133 Å². The van der Waals surface area contributed by atoms with Crippen LogP contribution in [0.4, 0.5) is 11.4 Å². The van der Waals surface area contributed by atoms with Crippen LogP contribution in [-0.4, -0.2) is 38.9 Å². The summed E-state index contributed by atoms with van der Waals surface area (Å²) >= 11 is 0. The van der Waals surface area contributed by atoms with Crippen molar-refractivity contribution in [1.82, 2.24) is 0 Å². The Morgan fingerprint density at radius 1 is 1.16 bits per heavy atom. The molecule has 8 heteroatoms. The van der Waals surface area contributed by atoms with Crippen molar-refractivity contribution >= 4 is 17.3 Å². The van der Waals surface area contributed by atoms with E-state index in [1.807, 2.05) is 0 Å². The third-order valence-corrected chi connectivity index (χ3v) is 3.02. The van der Waals surface area contributed by atoms with Crippen molar-refractivity contribution in [2.24, 2.45) is 0 Å². The molecular formula is C17H20N2O6. The van der Waals surface area contributed by atoms with Crippen LogP contribution in [0.25, 0.3) is 0 Å². The molecule has 1 amide bonds. The maximum Gasteiger partial charge on any atom is 0.269 e. The van der Waals surface area contributed by atoms with Crippen molar-refractivity contribution in [2.75, 3.05) is 11.9 Å². The van der Waals surface area contributed by atoms with Crippen LogP contribution in [-0.2, 0) is 11.2 Å². The highest BCUT2D eigenvalue weighted by atomic mass is 16.6. The van der Waals surface area contributed by atoms with Crippen LogP contribution in [0.3, 0.4) is 0 Å². The van der Waals surface area contributed by atoms with Gasteiger partial charge in [-0.05, 0) is 29.8 Å². The van der Waals surface area contributed by atoms with Gasteiger partial charge in [-0.3, -0.25) is 14.9 Å². The largest absolute Gasteiger partial charge is 0.508 e. The van der Waals surface area contributed by atoms with Gasteiger partial charge in [0.05, 0.1) is 17.6 Å². The van der Waals surface area contributed by atoms with Crippen LogP contribution >= 0.6 is 0 Å². The molecule has 0 aliphatic rings. The van der Waals surface area contributed by atoms with E-state index in [1.165, 1.54) is 31.2 Å². The first-order chi connectivity index (χ1) is 11.8. The number of hydrogen-bond donors (Lipinski definition) is 4. The molecule has 0 aromatic heterocycles. The summed E-state index contributed by atoms with van der Waals surface area (Å²) in [5.74, 6) is 0.0785. The second kappa shape index (κ2) is 10.0. The number of aliphatic hydroxyl groups is 2. The van der Waals surface area contributed by atoms with Gasteiger partial charge in [-0.25, -0.2) is 0 Å². The molecule has 0 spiro atoms. The Hall–Kier alpha value is -2.97. The number of benzene rings is 2. The van der Waals surface area contributed by atoms with E-state index in [2.05, 4.69) is 5.32 Å². The first-order valence-corrected chi connectivity index (χ1v) is 7.40. The molecule has 4 N–H and O–H groups in total. The number of non-ortho nitro benzene ring substituents is 1. The van der Waals surface area contributed by atoms with Crippen LogP contribution in [0.1, 0.15) is 12.5 Å². The number of rotatable bonds is 5. The number of nitro groups is 1. The van der Waals surface area contributed by atoms with E-state index in [9.17, 15) is 14.9 Å². The number of amides is 1. The van der Waals surface area contributed by atoms with Gasteiger partial charge >= 0.3 is 0 Å². The lowest BCUT2D eigenvalue weighted by atomic mass is 10.1. The number of aliphatic hydroxyl groups excluding tert-OH is 2. The summed E-state index contributed by atoms with van der Waals surface area (Å²) in [6, 6.07) is 12.2. The highest BCUT2D eigenvalue weighted by Crippen LogP contribution is 2.13. The summed E-state index contributed by atoms with van der Waals surface area (Å²) in [6.07, 6.45) is -0.509. The van der Waals surface area contributed by atoms with Crippen molar-refractivity contribution in [1.29, 1.82) is 0 Å². The minimum Gasteiger partial charge on any atom is -0.508 e. The van der Waals surface area contributed by atoms with Gasteiger partial charge in [0.1, 0.15) is 5.75 Å². The SMILES string of the molecule is CC(=O)Nc1ccc(O)cc1.O=[N+]([O-])c1ccc(CC(O)CO)cc1. The molecule has 8 nitrogen and oxygen atoms in total. The molecule has 0 aliphatic carbocycles. The molecule has 0 bridgehead atoms. The predicted octanol–water partition coefficient (Wildman–Crippen LogP) is 1.84. The van der Waals surface area contributed by atoms with Crippen molar-refractivity contribution in [2.45, 2.75) is 19.4 Å². The summed E-state index contributed by atoms with van der Waals surface area (Å²) in [7, 11) is 0. The average molecular weight is 348 g/mol. The maximum atomic E-state index is 10.5. The van der Waals surface area contributed by atoms with E-state index in [4.69, 9.17) is 15.3 Å². The molecule has 1 atom stereocenters. The van der Waals surface area contributed by atoms with Gasteiger partial charge in [0.2, 0.25) is 5.91 Å². The number of aromatic hydroxyl groups is 1. The number of carbonyl (C=O) groups excluding carboxylic acids is 1. The summed E-state index contributed by atoms with van der Waals surface area (Å²) in [5.41, 5.74) is 1.47. The van der Waals surface area contributed by atoms with E-state index >= 15 is 0 Å². The van der Waals surface area contributed by atoms with Crippen LogP contribution in [0, 0.1) is 10.1 Å². The van der Waals surface area contributed by atoms with Gasteiger partial charge in [-0.2, -0.15) is 0 Å². The van der Waals surface area contributed by atoms with Crippen molar-refractivity contribution in [3.05, 3.63) is 64.2 Å². The quantitative estimate of drug-likeness (QED) is 0.370. The van der Waals surface area contributed by atoms with Crippen LogP contribution in [0.5, 0.6) is 5.75 Å². The van der Waals surface area contributed by atoms with Crippen molar-refractivity contribution in [3.8, 4) is 5.75 Å². The van der Waals surface area contributed by atoms with Gasteiger partial charge in [0.15, 0.2) is 0 Å². The number of nitrogens with zero attached hydrogens (tertiary/aromatic N) is 1. The Kier molecular flexibility index (Phi) is 8.04. The maximum absolute atomic E-state index is 10.5. The third-order valence-electron chi connectivity index (χ3n) is 3.02. The summed E-state index contributed by atoms with van der Waals surface area (Å²) in [6.45, 7) is 1.13. The lowest BCUT2D eigenvalue weighted by Gasteiger charge is -2.05. The van der Waals surface area contributed by atoms with E-state index in [0.717, 1.165) is 5.56 Å². The molecule has 0 saturated heterocycles. The number of hydrogen-bond acceptors (Lipinski definition) is 6. The van der Waals surface area contributed by atoms with E-state index < -0.39 is 11.0 Å². The molecule has 0 saturated carbocycles. The molecule has 25 heavy (non-hydrogen) atoms. The van der Waals surface area contributed by atoms with Crippen molar-refractivity contribution in [3.63, 3.8) is 0 Å². The number of phenols is 1. The number of carbonyl (C=O) groups is 1. The van der Waals surface area contributed by atoms with E-state index in [1.54, 1.807) is 24.3 Å². The van der Waals surface area contributed by atoms with Crippen LogP contribution in [0.15, 0.2) is 48.5 Å². The molecule has 0 radical (unpaired) electrons. The molecule has 2 rings (SSSR count). The van der Waals surface area contributed by atoms with Gasteiger partial charge < -0.3 is 20.6 Å². The second-order valence-corrected chi connectivity index (χ2v) is 5.19. The number of phenolic OH excluding ortho intramolecular Hbond substituents is 1. The molecular weight excluding hydrogens is 328 g/mol. The molecule has 1 unspecified atom stereocenters. The fourth-order valence-electron chi connectivity index (χ4n) is 1.84. The first kappa shape index (κ1) is 20.1. The minimum atomic E-state index is -0.809. The van der Waals surface area contributed by atoms with E-state index in [-0.39, 0.29) is 24.0 Å². The van der Waals surface area contributed by atoms with Crippen LogP contribution < -0.4 is 5.32 Å². The molecule has 134 valence electrons. The molecule has 0 fully saturated rings. The molecule has 2 aromatic carbocycles. The minimum absolute atomic E-state index is 0.0206. The molecule has 0 heterocycles. The summed E-state index contributed by atoms with van der Waals surface area (Å²) < 4.78 is 0. The van der Waals surface area contributed by atoms with Gasteiger partial charge in [-0.1, -0.05) is 12.1 Å². The molecule has 2 aromatic rings. The second-order valence-electron chi connectivity index (χ2n) is 5.19. The van der Waals surface area contributed by atoms with Gasteiger partial charge in [0, 0.05) is 31.2 Å². The summed E-state index contributed by atoms with van der Waals surface area (Å²) in [5, 5.41) is 39.5. The highest BCUT2D eigenvalue weighted by Gasteiger charge is 2.07. The van der Waals surface area contributed by atoms with Gasteiger partial charge in [0.25, 0.3) is 5.69 Å². The molecule has 0 aliphatic heterocycles. The first-order valence-electron chi connectivity index (χ1n) is 7.40. The standard InChI is InChI=1S/C9H11NO4.C8H9NO2/c11-6-9(12)5-7-1-3-8(4-2-7)10(13)14;1-6(10)9-7-2-4-8(11)5-3-7/h1-4,9,11-12H,5-6H2;2-5,11H,1H3,(H,9,10). The Balaban J connectivity index is 0.000000257. The smallest absolute Gasteiger partial charge is 0.269 e. The summed E-state index contributed by atoms with van der Waals surface area (Å²) in [4.78, 5) is 20.4. The average Bonchev–Trinajstić information content (AvgIpc) is 2.57.